The van der Waals surface area contributed by atoms with Gasteiger partial charge in [-0.15, -0.1) is 0 Å². The average molecular weight is 1030 g/mol. The summed E-state index contributed by atoms with van der Waals surface area (Å²) in [6.07, 6.45) is -6.47. The lowest BCUT2D eigenvalue weighted by Gasteiger charge is -2.52. The van der Waals surface area contributed by atoms with Crippen LogP contribution < -0.4 is 0 Å². The fourth-order valence-corrected chi connectivity index (χ4v) is 16.4. The number of hydrogen-bond donors (Lipinski definition) is 0. The highest BCUT2D eigenvalue weighted by Crippen LogP contribution is 2.55. The lowest BCUT2D eigenvalue weighted by Crippen LogP contribution is -2.66. The standard InChI is InChI=1S/C61H72O10SSi/c1-60(2,3)73(61(4,5)6)67-43-51-52(63-38-45-27-15-8-16-28-45)55(71-73)56(65-40-47-31-19-10-20-32-47)58(68-51)70-53-50(42-62-37-44-25-13-7-14-26-44)69-59(72-49-35-23-12-24-36-49)57(66-41-48-33-21-11-22-34-48)54(53)64-39-46-29-17-9-18-30-46/h7-36,50-59H,37-43H2,1-6H3/t50-,51-,52-,53-,54+,55+,56-,57-,58+,59+/m1/s1. The maximum atomic E-state index is 7.78. The second-order valence-electron chi connectivity index (χ2n) is 21.2. The van der Waals surface area contributed by atoms with Crippen LogP contribution in [0.25, 0.3) is 0 Å². The van der Waals surface area contributed by atoms with Crippen molar-refractivity contribution in [1.29, 1.82) is 0 Å². The molecule has 10 nitrogen and oxygen atoms in total. The second kappa shape index (κ2) is 24.9. The minimum atomic E-state index is -3.22. The Balaban J connectivity index is 1.14. The highest BCUT2D eigenvalue weighted by molar-refractivity contribution is 7.99. The molecule has 0 amide bonds. The van der Waals surface area contributed by atoms with Gasteiger partial charge in [-0.2, -0.15) is 0 Å². The first kappa shape index (κ1) is 53.3. The fraction of sp³-hybridized carbons (Fsp3) is 0.410. The molecule has 3 fully saturated rings. The van der Waals surface area contributed by atoms with E-state index in [1.165, 1.54) is 0 Å². The Hall–Kier alpha value is -4.51. The summed E-state index contributed by atoms with van der Waals surface area (Å²) in [5, 5.41) is -0.729. The first-order valence-electron chi connectivity index (χ1n) is 25.7. The van der Waals surface area contributed by atoms with Crippen LogP contribution in [0, 0.1) is 0 Å². The van der Waals surface area contributed by atoms with Crippen LogP contribution in [0.2, 0.25) is 10.1 Å². The van der Waals surface area contributed by atoms with E-state index in [1.54, 1.807) is 11.8 Å². The molecule has 0 radical (unpaired) electrons. The van der Waals surface area contributed by atoms with Crippen molar-refractivity contribution in [2.45, 2.75) is 150 Å². The predicted molar refractivity (Wildman–Crippen MR) is 287 cm³/mol. The Morgan fingerprint density at radius 3 is 1.34 bits per heavy atom. The first-order chi connectivity index (χ1) is 35.4. The highest BCUT2D eigenvalue weighted by Gasteiger charge is 2.65. The van der Waals surface area contributed by atoms with Crippen molar-refractivity contribution in [2.75, 3.05) is 13.2 Å². The normalized spacial score (nSPS) is 26.2. The number of rotatable bonds is 20. The molecule has 0 unspecified atom stereocenters. The van der Waals surface area contributed by atoms with Gasteiger partial charge in [-0.1, -0.05) is 223 Å². The predicted octanol–water partition coefficient (Wildman–Crippen LogP) is 12.6. The Morgan fingerprint density at radius 2 is 0.877 bits per heavy atom. The molecule has 0 spiro atoms. The van der Waals surface area contributed by atoms with E-state index < -0.39 is 69.1 Å². The third kappa shape index (κ3) is 13.5. The molecular weight excluding hydrogens is 953 g/mol. The molecule has 0 aliphatic carbocycles. The Kier molecular flexibility index (Phi) is 18.2. The molecule has 0 aromatic heterocycles. The van der Waals surface area contributed by atoms with Gasteiger partial charge in [-0.3, -0.25) is 0 Å². The molecule has 3 saturated heterocycles. The van der Waals surface area contributed by atoms with E-state index >= 15 is 0 Å². The monoisotopic (exact) mass is 1020 g/mol. The summed E-state index contributed by atoms with van der Waals surface area (Å²) < 4.78 is 72.5. The van der Waals surface area contributed by atoms with Gasteiger partial charge in [0.25, 0.3) is 0 Å². The van der Waals surface area contributed by atoms with Crippen molar-refractivity contribution < 1.29 is 46.7 Å². The van der Waals surface area contributed by atoms with Crippen molar-refractivity contribution in [2.24, 2.45) is 0 Å². The molecular formula is C61H72O10SSi. The number of ether oxygens (including phenoxy) is 8. The summed E-state index contributed by atoms with van der Waals surface area (Å²) in [4.78, 5) is 1.03. The molecule has 3 aliphatic heterocycles. The lowest BCUT2D eigenvalue weighted by molar-refractivity contribution is -0.348. The molecule has 6 aromatic carbocycles. The summed E-state index contributed by atoms with van der Waals surface area (Å²) in [6, 6.07) is 61.2. The quantitative estimate of drug-likeness (QED) is 0.0685. The van der Waals surface area contributed by atoms with Crippen molar-refractivity contribution in [1.82, 2.24) is 0 Å². The zero-order valence-electron chi connectivity index (χ0n) is 43.0. The highest BCUT2D eigenvalue weighted by atomic mass is 32.2. The van der Waals surface area contributed by atoms with Crippen LogP contribution in [-0.4, -0.2) is 82.3 Å². The van der Waals surface area contributed by atoms with E-state index in [0.717, 1.165) is 32.7 Å². The molecule has 6 aromatic rings. The lowest BCUT2D eigenvalue weighted by atomic mass is 9.96. The number of hydrogen-bond acceptors (Lipinski definition) is 11. The van der Waals surface area contributed by atoms with E-state index in [9.17, 15) is 0 Å². The van der Waals surface area contributed by atoms with E-state index in [2.05, 4.69) is 114 Å². The zero-order chi connectivity index (χ0) is 50.7. The van der Waals surface area contributed by atoms with Crippen molar-refractivity contribution >= 4 is 20.3 Å². The average Bonchev–Trinajstić information content (AvgIpc) is 3.52. The van der Waals surface area contributed by atoms with Gasteiger partial charge < -0.3 is 46.7 Å². The zero-order valence-corrected chi connectivity index (χ0v) is 44.9. The van der Waals surface area contributed by atoms with Gasteiger partial charge in [-0.05, 0) is 39.9 Å². The van der Waals surface area contributed by atoms with Gasteiger partial charge in [0, 0.05) is 15.0 Å². The van der Waals surface area contributed by atoms with Gasteiger partial charge in [-0.25, -0.2) is 0 Å². The van der Waals surface area contributed by atoms with Crippen LogP contribution in [0.4, 0.5) is 0 Å². The second-order valence-corrected chi connectivity index (χ2v) is 27.1. The van der Waals surface area contributed by atoms with Crippen LogP contribution in [0.3, 0.4) is 0 Å². The maximum Gasteiger partial charge on any atom is 0.349 e. The topological polar surface area (TPSA) is 92.3 Å². The van der Waals surface area contributed by atoms with Crippen LogP contribution in [0.5, 0.6) is 0 Å². The summed E-state index contributed by atoms with van der Waals surface area (Å²) in [5.41, 5.74) is 4.59. The molecule has 386 valence electrons. The summed E-state index contributed by atoms with van der Waals surface area (Å²) in [7, 11) is -3.22. The van der Waals surface area contributed by atoms with E-state index in [1.807, 2.05) is 109 Å². The number of fused-ring (bicyclic) bond motifs is 2. The van der Waals surface area contributed by atoms with Crippen LogP contribution in [0.15, 0.2) is 187 Å². The maximum absolute atomic E-state index is 7.78. The van der Waals surface area contributed by atoms with E-state index in [4.69, 9.17) is 46.7 Å². The minimum absolute atomic E-state index is 0.184. The van der Waals surface area contributed by atoms with Gasteiger partial charge >= 0.3 is 8.56 Å². The molecule has 9 rings (SSSR count). The smallest absolute Gasteiger partial charge is 0.349 e. The number of thioether (sulfide) groups is 1. The Labute approximate surface area is 438 Å². The van der Waals surface area contributed by atoms with Crippen LogP contribution in [0.1, 0.15) is 69.4 Å². The largest absolute Gasteiger partial charge is 0.391 e. The first-order valence-corrected chi connectivity index (χ1v) is 28.4. The minimum Gasteiger partial charge on any atom is -0.391 e. The molecule has 12 heteroatoms. The third-order valence-corrected chi connectivity index (χ3v) is 20.0. The van der Waals surface area contributed by atoms with Crippen LogP contribution in [-0.2, 0) is 79.8 Å². The summed E-state index contributed by atoms with van der Waals surface area (Å²) >= 11 is 1.60. The van der Waals surface area contributed by atoms with Crippen molar-refractivity contribution in [3.05, 3.63) is 210 Å². The van der Waals surface area contributed by atoms with E-state index in [0.29, 0.717) is 26.4 Å². The third-order valence-electron chi connectivity index (χ3n) is 13.7. The molecule has 0 saturated carbocycles. The molecule has 0 N–H and O–H groups in total. The molecule has 73 heavy (non-hydrogen) atoms. The van der Waals surface area contributed by atoms with Gasteiger partial charge in [0.1, 0.15) is 54.3 Å². The van der Waals surface area contributed by atoms with Crippen molar-refractivity contribution in [3.8, 4) is 0 Å². The van der Waals surface area contributed by atoms with Gasteiger partial charge in [0.15, 0.2) is 6.29 Å². The van der Waals surface area contributed by atoms with Gasteiger partial charge in [0.2, 0.25) is 0 Å². The summed E-state index contributed by atoms with van der Waals surface area (Å²) in [6.45, 7) is 15.4. The number of benzene rings is 6. The van der Waals surface area contributed by atoms with Gasteiger partial charge in [0.05, 0.1) is 46.2 Å². The van der Waals surface area contributed by atoms with Crippen molar-refractivity contribution in [3.63, 3.8) is 0 Å². The fourth-order valence-electron chi connectivity index (χ4n) is 10.3. The SMILES string of the molecule is CC(C)(C)[Si]1(C(C)(C)C)OC[C@H]2O[C@@H](O[C@H]3[C@H](OCc4ccccc4)[C@@H](OCc4ccccc4)[C@H](Sc4ccccc4)O[C@@H]3COCc3ccccc3)[C@H](OCc3ccccc3)[C@@H](O1)[C@@H]2OCc1ccccc1. The summed E-state index contributed by atoms with van der Waals surface area (Å²) in [5.74, 6) is 0. The molecule has 2 bridgehead atoms. The van der Waals surface area contributed by atoms with E-state index in [-0.39, 0.29) is 29.9 Å². The Bertz CT molecular complexity index is 2520. The Morgan fingerprint density at radius 1 is 0.466 bits per heavy atom. The van der Waals surface area contributed by atoms with Crippen LogP contribution >= 0.6 is 11.8 Å². The molecule has 3 heterocycles. The molecule has 3 aliphatic rings. The molecule has 10 atom stereocenters.